The minimum Gasteiger partial charge on any atom is -0.350 e. The first-order valence-electron chi connectivity index (χ1n) is 7.40. The van der Waals surface area contributed by atoms with Gasteiger partial charge in [-0.3, -0.25) is 9.59 Å². The first-order chi connectivity index (χ1) is 9.97. The van der Waals surface area contributed by atoms with Crippen LogP contribution in [-0.4, -0.2) is 30.9 Å². The van der Waals surface area contributed by atoms with Crippen molar-refractivity contribution < 1.29 is 9.59 Å². The van der Waals surface area contributed by atoms with Gasteiger partial charge < -0.3 is 16.0 Å². The van der Waals surface area contributed by atoms with Gasteiger partial charge in [0.15, 0.2) is 0 Å². The van der Waals surface area contributed by atoms with Crippen molar-refractivity contribution in [3.8, 4) is 0 Å². The number of hydrogen-bond donors (Lipinski definition) is 3. The fraction of sp³-hybridized carbons (Fsp3) is 0.500. The van der Waals surface area contributed by atoms with E-state index in [-0.39, 0.29) is 36.2 Å². The van der Waals surface area contributed by atoms with E-state index < -0.39 is 0 Å². The molecule has 0 aliphatic carbocycles. The van der Waals surface area contributed by atoms with Gasteiger partial charge >= 0.3 is 0 Å². The van der Waals surface area contributed by atoms with E-state index in [0.717, 1.165) is 18.8 Å². The van der Waals surface area contributed by atoms with Gasteiger partial charge in [0.25, 0.3) is 5.91 Å². The molecule has 1 aromatic rings. The van der Waals surface area contributed by atoms with Crippen molar-refractivity contribution in [2.45, 2.75) is 26.8 Å². The van der Waals surface area contributed by atoms with E-state index in [9.17, 15) is 9.59 Å². The molecule has 1 aliphatic rings. The third kappa shape index (κ3) is 4.71. The van der Waals surface area contributed by atoms with Crippen LogP contribution >= 0.6 is 12.4 Å². The molecule has 2 rings (SSSR count). The van der Waals surface area contributed by atoms with Crippen LogP contribution in [0.5, 0.6) is 0 Å². The minimum atomic E-state index is -0.100. The topological polar surface area (TPSA) is 70.2 Å². The van der Waals surface area contributed by atoms with Crippen molar-refractivity contribution in [1.82, 2.24) is 10.6 Å². The highest BCUT2D eigenvalue weighted by atomic mass is 35.5. The fourth-order valence-corrected chi connectivity index (χ4v) is 2.19. The lowest BCUT2D eigenvalue weighted by atomic mass is 9.88. The molecule has 0 aromatic heterocycles. The number of rotatable bonds is 5. The molecule has 1 atom stereocenters. The van der Waals surface area contributed by atoms with E-state index in [2.05, 4.69) is 16.0 Å². The molecule has 1 aliphatic heterocycles. The second-order valence-corrected chi connectivity index (χ2v) is 5.90. The van der Waals surface area contributed by atoms with Crippen molar-refractivity contribution in [1.29, 1.82) is 0 Å². The molecule has 122 valence electrons. The molecule has 0 radical (unpaired) electrons. The third-order valence-electron chi connectivity index (χ3n) is 3.77. The van der Waals surface area contributed by atoms with Gasteiger partial charge in [-0.05, 0) is 57.1 Å². The quantitative estimate of drug-likeness (QED) is 0.776. The Labute approximate surface area is 137 Å². The second-order valence-electron chi connectivity index (χ2n) is 5.90. The minimum absolute atomic E-state index is 0. The Hall–Kier alpha value is -1.59. The first-order valence-corrected chi connectivity index (χ1v) is 7.40. The van der Waals surface area contributed by atoms with Gasteiger partial charge in [0.05, 0.1) is 0 Å². The van der Waals surface area contributed by atoms with E-state index in [0.29, 0.717) is 11.5 Å². The molecule has 1 aromatic carbocycles. The molecule has 2 amide bonds. The predicted molar refractivity (Wildman–Crippen MR) is 90.4 cm³/mol. The normalized spacial score (nSPS) is 15.5. The van der Waals surface area contributed by atoms with E-state index in [1.54, 1.807) is 24.3 Å². The summed E-state index contributed by atoms with van der Waals surface area (Å²) in [5.41, 5.74) is 1.32. The van der Waals surface area contributed by atoms with Gasteiger partial charge in [0, 0.05) is 23.2 Å². The molecule has 0 bridgehead atoms. The summed E-state index contributed by atoms with van der Waals surface area (Å²) in [6, 6.07) is 7.08. The molecule has 5 nitrogen and oxygen atoms in total. The molecule has 1 heterocycles. The highest BCUT2D eigenvalue weighted by Gasteiger charge is 2.28. The van der Waals surface area contributed by atoms with Crippen molar-refractivity contribution in [2.24, 2.45) is 11.8 Å². The highest BCUT2D eigenvalue weighted by molar-refractivity contribution is 5.96. The number of carbonyl (C=O) groups excluding carboxylic acids is 2. The Bertz CT molecular complexity index is 513. The molecule has 1 unspecified atom stereocenters. The number of carbonyl (C=O) groups is 2. The number of hydrogen-bond acceptors (Lipinski definition) is 3. The van der Waals surface area contributed by atoms with Gasteiger partial charge in [0.1, 0.15) is 0 Å². The largest absolute Gasteiger partial charge is 0.350 e. The standard InChI is InChI=1S/C16H23N3O2.ClH/c1-10(2)18-16(21)12-4-6-14(7-5-12)19-15(20)11(3)13-8-17-9-13;/h4-7,10-11,13,17H,8-9H2,1-3H3,(H,18,21)(H,19,20);1H. The summed E-state index contributed by atoms with van der Waals surface area (Å²) >= 11 is 0. The molecule has 3 N–H and O–H groups in total. The van der Waals surface area contributed by atoms with E-state index >= 15 is 0 Å². The van der Waals surface area contributed by atoms with Crippen LogP contribution in [0.3, 0.4) is 0 Å². The Morgan fingerprint density at radius 2 is 1.73 bits per heavy atom. The zero-order valence-corrected chi connectivity index (χ0v) is 14.0. The number of benzene rings is 1. The summed E-state index contributed by atoms with van der Waals surface area (Å²) in [7, 11) is 0. The predicted octanol–water partition coefficient (Wildman–Crippen LogP) is 2.04. The number of anilines is 1. The van der Waals surface area contributed by atoms with E-state index in [1.165, 1.54) is 0 Å². The lowest BCUT2D eigenvalue weighted by molar-refractivity contribution is -0.121. The average Bonchev–Trinajstić information content (AvgIpc) is 2.36. The summed E-state index contributed by atoms with van der Waals surface area (Å²) in [6.07, 6.45) is 0. The van der Waals surface area contributed by atoms with E-state index in [4.69, 9.17) is 0 Å². The summed E-state index contributed by atoms with van der Waals surface area (Å²) in [5.74, 6) is 0.342. The maximum Gasteiger partial charge on any atom is 0.251 e. The van der Waals surface area contributed by atoms with Gasteiger partial charge in [-0.1, -0.05) is 6.92 Å². The van der Waals surface area contributed by atoms with Crippen LogP contribution < -0.4 is 16.0 Å². The zero-order chi connectivity index (χ0) is 15.4. The van der Waals surface area contributed by atoms with Crippen molar-refractivity contribution in [2.75, 3.05) is 18.4 Å². The average molecular weight is 326 g/mol. The Kier molecular flexibility index (Phi) is 6.84. The molecule has 6 heteroatoms. The van der Waals surface area contributed by atoms with Crippen LogP contribution in [-0.2, 0) is 4.79 Å². The van der Waals surface area contributed by atoms with Gasteiger partial charge in [0.2, 0.25) is 5.91 Å². The Morgan fingerprint density at radius 3 is 2.18 bits per heavy atom. The molecule has 0 spiro atoms. The third-order valence-corrected chi connectivity index (χ3v) is 3.77. The molecule has 1 saturated heterocycles. The summed E-state index contributed by atoms with van der Waals surface area (Å²) < 4.78 is 0. The fourth-order valence-electron chi connectivity index (χ4n) is 2.19. The zero-order valence-electron chi connectivity index (χ0n) is 13.2. The van der Waals surface area contributed by atoms with Crippen molar-refractivity contribution in [3.05, 3.63) is 29.8 Å². The summed E-state index contributed by atoms with van der Waals surface area (Å²) in [4.78, 5) is 23.9. The van der Waals surface area contributed by atoms with Crippen LogP contribution in [0.4, 0.5) is 5.69 Å². The number of amides is 2. The van der Waals surface area contributed by atoms with E-state index in [1.807, 2.05) is 20.8 Å². The molecule has 22 heavy (non-hydrogen) atoms. The highest BCUT2D eigenvalue weighted by Crippen LogP contribution is 2.18. The van der Waals surface area contributed by atoms with Gasteiger partial charge in [-0.15, -0.1) is 12.4 Å². The summed E-state index contributed by atoms with van der Waals surface area (Å²) in [5, 5.41) is 8.91. The van der Waals surface area contributed by atoms with Crippen molar-refractivity contribution >= 4 is 29.9 Å². The van der Waals surface area contributed by atoms with Gasteiger partial charge in [-0.2, -0.15) is 0 Å². The lowest BCUT2D eigenvalue weighted by Crippen LogP contribution is -2.48. The SMILES string of the molecule is CC(C)NC(=O)c1ccc(NC(=O)C(C)C2CNC2)cc1.Cl. The van der Waals surface area contributed by atoms with Crippen LogP contribution in [0.15, 0.2) is 24.3 Å². The Morgan fingerprint density at radius 1 is 1.14 bits per heavy atom. The first kappa shape index (κ1) is 18.5. The molecular formula is C16H24ClN3O2. The van der Waals surface area contributed by atoms with Crippen molar-refractivity contribution in [3.63, 3.8) is 0 Å². The van der Waals surface area contributed by atoms with Crippen LogP contribution in [0.25, 0.3) is 0 Å². The number of halogens is 1. The summed E-state index contributed by atoms with van der Waals surface area (Å²) in [6.45, 7) is 7.60. The molecular weight excluding hydrogens is 302 g/mol. The maximum absolute atomic E-state index is 12.1. The monoisotopic (exact) mass is 325 g/mol. The maximum atomic E-state index is 12.1. The smallest absolute Gasteiger partial charge is 0.251 e. The second kappa shape index (κ2) is 8.15. The van der Waals surface area contributed by atoms with Gasteiger partial charge in [-0.25, -0.2) is 0 Å². The molecule has 1 fully saturated rings. The van der Waals surface area contributed by atoms with Crippen LogP contribution in [0.2, 0.25) is 0 Å². The lowest BCUT2D eigenvalue weighted by Gasteiger charge is -2.31. The number of nitrogens with one attached hydrogen (secondary N) is 3. The molecule has 0 saturated carbocycles. The van der Waals surface area contributed by atoms with Crippen LogP contribution in [0.1, 0.15) is 31.1 Å². The Balaban J connectivity index is 0.00000242. The van der Waals surface area contributed by atoms with Crippen LogP contribution in [0, 0.1) is 11.8 Å².